The van der Waals surface area contributed by atoms with Gasteiger partial charge >= 0.3 is 0 Å². The first kappa shape index (κ1) is 27.7. The van der Waals surface area contributed by atoms with Crippen molar-refractivity contribution in [3.05, 3.63) is 94.0 Å². The summed E-state index contributed by atoms with van der Waals surface area (Å²) in [5.41, 5.74) is 2.96. The van der Waals surface area contributed by atoms with Crippen LogP contribution in [0.3, 0.4) is 0 Å². The van der Waals surface area contributed by atoms with Crippen molar-refractivity contribution in [2.45, 2.75) is 58.2 Å². The van der Waals surface area contributed by atoms with E-state index < -0.39 is 6.04 Å². The molecule has 0 aromatic heterocycles. The van der Waals surface area contributed by atoms with Crippen molar-refractivity contribution in [3.8, 4) is 11.5 Å². The lowest BCUT2D eigenvalue weighted by Gasteiger charge is -2.32. The maximum absolute atomic E-state index is 13.9. The third kappa shape index (κ3) is 7.60. The van der Waals surface area contributed by atoms with E-state index in [1.165, 1.54) is 0 Å². The van der Waals surface area contributed by atoms with Crippen LogP contribution in [0.4, 0.5) is 0 Å². The van der Waals surface area contributed by atoms with Gasteiger partial charge in [0.15, 0.2) is 11.5 Å². The number of fused-ring (bicyclic) bond motifs is 1. The molecule has 0 fully saturated rings. The minimum atomic E-state index is -0.641. The number of amides is 2. The average Bonchev–Trinajstić information content (AvgIpc) is 2.94. The lowest BCUT2D eigenvalue weighted by atomic mass is 10.0. The SMILES string of the molecule is CC[C@H](C)NC(=O)[C@@H](Cc1ccccc1)N(Cc1cccc(Br)c1)C(=O)CCc1ccc2c(c1)OCCO2. The average molecular weight is 580 g/mol. The Balaban J connectivity index is 1.60. The van der Waals surface area contributed by atoms with E-state index in [0.29, 0.717) is 38.3 Å². The molecule has 1 heterocycles. The highest BCUT2D eigenvalue weighted by molar-refractivity contribution is 9.10. The quantitative estimate of drug-likeness (QED) is 0.316. The number of ether oxygens (including phenoxy) is 2. The molecule has 6 nitrogen and oxygen atoms in total. The van der Waals surface area contributed by atoms with Gasteiger partial charge in [-0.25, -0.2) is 0 Å². The maximum Gasteiger partial charge on any atom is 0.243 e. The van der Waals surface area contributed by atoms with Crippen molar-refractivity contribution in [1.82, 2.24) is 10.2 Å². The van der Waals surface area contributed by atoms with E-state index in [2.05, 4.69) is 21.2 Å². The predicted molar refractivity (Wildman–Crippen MR) is 152 cm³/mol. The Kier molecular flexibility index (Phi) is 9.82. The first-order valence-corrected chi connectivity index (χ1v) is 14.0. The number of hydrogen-bond acceptors (Lipinski definition) is 4. The van der Waals surface area contributed by atoms with Crippen molar-refractivity contribution in [1.29, 1.82) is 0 Å². The molecule has 7 heteroatoms. The van der Waals surface area contributed by atoms with Crippen molar-refractivity contribution in [2.75, 3.05) is 13.2 Å². The van der Waals surface area contributed by atoms with E-state index >= 15 is 0 Å². The Labute approximate surface area is 233 Å². The summed E-state index contributed by atoms with van der Waals surface area (Å²) in [6, 6.07) is 22.9. The first-order valence-electron chi connectivity index (χ1n) is 13.2. The van der Waals surface area contributed by atoms with Crippen LogP contribution in [-0.4, -0.2) is 42.0 Å². The number of benzene rings is 3. The molecule has 2 amide bonds. The first-order chi connectivity index (χ1) is 18.4. The third-order valence-corrected chi connectivity index (χ3v) is 7.24. The molecule has 0 spiro atoms. The molecule has 0 saturated carbocycles. The summed E-state index contributed by atoms with van der Waals surface area (Å²) in [4.78, 5) is 29.2. The van der Waals surface area contributed by atoms with E-state index in [1.807, 2.05) is 86.6 Å². The molecule has 0 unspecified atom stereocenters. The molecular weight excluding hydrogens is 544 g/mol. The summed E-state index contributed by atoms with van der Waals surface area (Å²) < 4.78 is 12.3. The fraction of sp³-hybridized carbons (Fsp3) is 0.355. The summed E-state index contributed by atoms with van der Waals surface area (Å²) >= 11 is 3.54. The van der Waals surface area contributed by atoms with Gasteiger partial charge in [-0.1, -0.05) is 71.4 Å². The lowest BCUT2D eigenvalue weighted by molar-refractivity contribution is -0.141. The second kappa shape index (κ2) is 13.5. The largest absolute Gasteiger partial charge is 0.486 e. The number of rotatable bonds is 11. The van der Waals surface area contributed by atoms with Crippen LogP contribution in [0, 0.1) is 0 Å². The Bertz CT molecular complexity index is 1230. The molecule has 2 atom stereocenters. The van der Waals surface area contributed by atoms with Crippen LogP contribution in [0.1, 0.15) is 43.4 Å². The Morgan fingerprint density at radius 1 is 0.921 bits per heavy atom. The standard InChI is InChI=1S/C31H35BrN2O4/c1-3-22(2)33-31(36)27(19-23-8-5-4-6-9-23)34(21-25-10-7-11-26(32)18-25)30(35)15-13-24-12-14-28-29(20-24)38-17-16-37-28/h4-12,14,18,20,22,27H,3,13,15-17,19,21H2,1-2H3,(H,33,36)/t22-,27+/m0/s1. The molecule has 1 aliphatic rings. The van der Waals surface area contributed by atoms with Crippen LogP contribution < -0.4 is 14.8 Å². The van der Waals surface area contributed by atoms with Crippen LogP contribution in [0.5, 0.6) is 11.5 Å². The second-order valence-electron chi connectivity index (χ2n) is 9.65. The number of hydrogen-bond donors (Lipinski definition) is 1. The Hall–Kier alpha value is -3.32. The van der Waals surface area contributed by atoms with Crippen LogP contribution >= 0.6 is 15.9 Å². The van der Waals surface area contributed by atoms with Gasteiger partial charge < -0.3 is 19.7 Å². The number of carbonyl (C=O) groups is 2. The molecule has 200 valence electrons. The van der Waals surface area contributed by atoms with E-state index in [1.54, 1.807) is 4.90 Å². The summed E-state index contributed by atoms with van der Waals surface area (Å²) in [5, 5.41) is 3.12. The number of halogens is 1. The minimum Gasteiger partial charge on any atom is -0.486 e. The number of nitrogens with one attached hydrogen (secondary N) is 1. The summed E-state index contributed by atoms with van der Waals surface area (Å²) in [7, 11) is 0. The molecule has 38 heavy (non-hydrogen) atoms. The molecule has 4 rings (SSSR count). The number of aryl methyl sites for hydroxylation is 1. The van der Waals surface area contributed by atoms with Crippen LogP contribution in [-0.2, 0) is 29.0 Å². The third-order valence-electron chi connectivity index (χ3n) is 6.75. The van der Waals surface area contributed by atoms with Gasteiger partial charge in [-0.2, -0.15) is 0 Å². The fourth-order valence-electron chi connectivity index (χ4n) is 4.47. The van der Waals surface area contributed by atoms with Crippen molar-refractivity contribution >= 4 is 27.7 Å². The zero-order chi connectivity index (χ0) is 26.9. The molecular formula is C31H35BrN2O4. The number of carbonyl (C=O) groups excluding carboxylic acids is 2. The lowest BCUT2D eigenvalue weighted by Crippen LogP contribution is -2.52. The highest BCUT2D eigenvalue weighted by Crippen LogP contribution is 2.31. The molecule has 0 bridgehead atoms. The van der Waals surface area contributed by atoms with Gasteiger partial charge in [0.05, 0.1) is 0 Å². The van der Waals surface area contributed by atoms with E-state index in [0.717, 1.165) is 33.3 Å². The van der Waals surface area contributed by atoms with Crippen molar-refractivity contribution < 1.29 is 19.1 Å². The molecule has 0 aliphatic carbocycles. The van der Waals surface area contributed by atoms with Crippen LogP contribution in [0.15, 0.2) is 77.3 Å². The molecule has 0 saturated heterocycles. The minimum absolute atomic E-state index is 0.0151. The van der Waals surface area contributed by atoms with Gasteiger partial charge in [-0.3, -0.25) is 9.59 Å². The van der Waals surface area contributed by atoms with E-state index in [4.69, 9.17) is 9.47 Å². The number of nitrogens with zero attached hydrogens (tertiary/aromatic N) is 1. The van der Waals surface area contributed by atoms with Gasteiger partial charge in [-0.15, -0.1) is 0 Å². The van der Waals surface area contributed by atoms with Gasteiger partial charge in [-0.05, 0) is 60.7 Å². The second-order valence-corrected chi connectivity index (χ2v) is 10.6. The van der Waals surface area contributed by atoms with E-state index in [-0.39, 0.29) is 24.3 Å². The highest BCUT2D eigenvalue weighted by atomic mass is 79.9. The molecule has 3 aromatic rings. The Morgan fingerprint density at radius 3 is 2.39 bits per heavy atom. The summed E-state index contributed by atoms with van der Waals surface area (Å²) in [5.74, 6) is 1.24. The van der Waals surface area contributed by atoms with Gasteiger partial charge in [0.2, 0.25) is 11.8 Å². The van der Waals surface area contributed by atoms with Gasteiger partial charge in [0.1, 0.15) is 19.3 Å². The van der Waals surface area contributed by atoms with Crippen molar-refractivity contribution in [2.24, 2.45) is 0 Å². The van der Waals surface area contributed by atoms with Gasteiger partial charge in [0.25, 0.3) is 0 Å². The predicted octanol–water partition coefficient (Wildman–Crippen LogP) is 5.71. The van der Waals surface area contributed by atoms with E-state index in [9.17, 15) is 9.59 Å². The molecule has 3 aromatic carbocycles. The Morgan fingerprint density at radius 2 is 1.66 bits per heavy atom. The maximum atomic E-state index is 13.9. The zero-order valence-corrected chi connectivity index (χ0v) is 23.6. The normalized spacial score (nSPS) is 13.9. The monoisotopic (exact) mass is 578 g/mol. The van der Waals surface area contributed by atoms with Crippen molar-refractivity contribution in [3.63, 3.8) is 0 Å². The topological polar surface area (TPSA) is 67.9 Å². The zero-order valence-electron chi connectivity index (χ0n) is 22.0. The molecule has 0 radical (unpaired) electrons. The van der Waals surface area contributed by atoms with Gasteiger partial charge in [0, 0.05) is 29.9 Å². The smallest absolute Gasteiger partial charge is 0.243 e. The molecule has 1 aliphatic heterocycles. The summed E-state index contributed by atoms with van der Waals surface area (Å²) in [6.07, 6.45) is 2.06. The molecule has 1 N–H and O–H groups in total. The van der Waals surface area contributed by atoms with Crippen LogP contribution in [0.2, 0.25) is 0 Å². The fourth-order valence-corrected chi connectivity index (χ4v) is 4.91. The van der Waals surface area contributed by atoms with Crippen LogP contribution in [0.25, 0.3) is 0 Å². The summed E-state index contributed by atoms with van der Waals surface area (Å²) in [6.45, 7) is 5.42. The highest BCUT2D eigenvalue weighted by Gasteiger charge is 2.31.